The molecule has 0 spiro atoms. The Hall–Kier alpha value is -0.160. The Morgan fingerprint density at radius 3 is 2.25 bits per heavy atom. The van der Waals surface area contributed by atoms with Crippen LogP contribution in [0.1, 0.15) is 6.42 Å². The van der Waals surface area contributed by atoms with E-state index in [4.69, 9.17) is 9.47 Å². The fraction of sp³-hybridized carbons (Fsp3) is 1.00. The van der Waals surface area contributed by atoms with Crippen LogP contribution in [-0.2, 0) is 9.47 Å². The molecule has 4 heteroatoms. The summed E-state index contributed by atoms with van der Waals surface area (Å²) in [6, 6.07) is 0. The van der Waals surface area contributed by atoms with Crippen LogP contribution in [0.3, 0.4) is 0 Å². The van der Waals surface area contributed by atoms with E-state index in [0.29, 0.717) is 26.4 Å². The predicted molar refractivity (Wildman–Crippen MR) is 40.7 cm³/mol. The van der Waals surface area contributed by atoms with Gasteiger partial charge in [-0.15, -0.1) is 0 Å². The summed E-state index contributed by atoms with van der Waals surface area (Å²) < 4.78 is 10.2. The van der Waals surface area contributed by atoms with E-state index in [9.17, 15) is 10.2 Å². The van der Waals surface area contributed by atoms with Crippen molar-refractivity contribution in [1.82, 2.24) is 0 Å². The van der Waals surface area contributed by atoms with Crippen molar-refractivity contribution in [1.29, 1.82) is 0 Å². The summed E-state index contributed by atoms with van der Waals surface area (Å²) in [6.45, 7) is 1.72. The maximum Gasteiger partial charge on any atom is 0.121 e. The van der Waals surface area contributed by atoms with E-state index in [1.54, 1.807) is 0 Å². The number of rotatable bonds is 2. The zero-order chi connectivity index (χ0) is 8.66. The molecule has 12 heavy (non-hydrogen) atoms. The Labute approximate surface area is 71.1 Å². The molecule has 0 aliphatic carbocycles. The van der Waals surface area contributed by atoms with Gasteiger partial charge in [-0.1, -0.05) is 0 Å². The van der Waals surface area contributed by atoms with Gasteiger partial charge in [0.2, 0.25) is 0 Å². The van der Waals surface area contributed by atoms with E-state index in [2.05, 4.69) is 0 Å². The largest absolute Gasteiger partial charge is 0.396 e. The van der Waals surface area contributed by atoms with Crippen LogP contribution in [-0.4, -0.2) is 48.8 Å². The van der Waals surface area contributed by atoms with Gasteiger partial charge in [0.1, 0.15) is 5.60 Å². The molecule has 2 fully saturated rings. The molecular formula is C8H14O4. The van der Waals surface area contributed by atoms with E-state index in [-0.39, 0.29) is 6.61 Å². The first kappa shape index (κ1) is 8.44. The summed E-state index contributed by atoms with van der Waals surface area (Å²) in [5, 5.41) is 19.2. The first-order valence-electron chi connectivity index (χ1n) is 4.21. The summed E-state index contributed by atoms with van der Waals surface area (Å²) >= 11 is 0. The monoisotopic (exact) mass is 174 g/mol. The van der Waals surface area contributed by atoms with Crippen LogP contribution < -0.4 is 0 Å². The molecule has 2 heterocycles. The van der Waals surface area contributed by atoms with Gasteiger partial charge in [-0.3, -0.25) is 0 Å². The molecule has 0 aromatic carbocycles. The second kappa shape index (κ2) is 2.67. The molecule has 0 aromatic rings. The molecule has 0 bridgehead atoms. The third kappa shape index (κ3) is 0.925. The number of aliphatic hydroxyl groups excluding tert-OH is 1. The smallest absolute Gasteiger partial charge is 0.121 e. The van der Waals surface area contributed by atoms with Crippen LogP contribution in [0, 0.1) is 5.41 Å². The lowest BCUT2D eigenvalue weighted by Gasteiger charge is -2.48. The third-order valence-corrected chi connectivity index (χ3v) is 3.07. The molecular weight excluding hydrogens is 160 g/mol. The highest BCUT2D eigenvalue weighted by Crippen LogP contribution is 2.43. The van der Waals surface area contributed by atoms with Crippen LogP contribution in [0.4, 0.5) is 0 Å². The van der Waals surface area contributed by atoms with Crippen molar-refractivity contribution in [3.63, 3.8) is 0 Å². The number of aliphatic hydroxyl groups is 2. The standard InChI is InChI=1S/C8H14O4/c9-3-7(1-2-11-4-7)8(10)5-12-6-8/h9-10H,1-6H2. The summed E-state index contributed by atoms with van der Waals surface area (Å²) in [4.78, 5) is 0. The minimum Gasteiger partial charge on any atom is -0.396 e. The van der Waals surface area contributed by atoms with Gasteiger partial charge in [0.25, 0.3) is 0 Å². The van der Waals surface area contributed by atoms with Gasteiger partial charge in [-0.2, -0.15) is 0 Å². The summed E-state index contributed by atoms with van der Waals surface area (Å²) in [6.07, 6.45) is 0.726. The Kier molecular flexibility index (Phi) is 1.88. The van der Waals surface area contributed by atoms with Gasteiger partial charge < -0.3 is 19.7 Å². The Balaban J connectivity index is 2.15. The molecule has 70 valence electrons. The fourth-order valence-corrected chi connectivity index (χ4v) is 1.85. The normalized spacial score (nSPS) is 39.5. The van der Waals surface area contributed by atoms with Crippen molar-refractivity contribution in [2.45, 2.75) is 12.0 Å². The molecule has 2 aliphatic heterocycles. The van der Waals surface area contributed by atoms with E-state index in [0.717, 1.165) is 6.42 Å². The van der Waals surface area contributed by atoms with Crippen LogP contribution >= 0.6 is 0 Å². The van der Waals surface area contributed by atoms with E-state index < -0.39 is 11.0 Å². The van der Waals surface area contributed by atoms with Crippen LogP contribution in [0.5, 0.6) is 0 Å². The van der Waals surface area contributed by atoms with Gasteiger partial charge >= 0.3 is 0 Å². The molecule has 2 rings (SSSR count). The van der Waals surface area contributed by atoms with E-state index in [1.165, 1.54) is 0 Å². The van der Waals surface area contributed by atoms with Crippen LogP contribution in [0.2, 0.25) is 0 Å². The molecule has 0 radical (unpaired) electrons. The van der Waals surface area contributed by atoms with E-state index >= 15 is 0 Å². The minimum absolute atomic E-state index is 0.0210. The molecule has 1 atom stereocenters. The summed E-state index contributed by atoms with van der Waals surface area (Å²) in [5.41, 5.74) is -1.32. The van der Waals surface area contributed by atoms with Crippen molar-refractivity contribution in [2.24, 2.45) is 5.41 Å². The van der Waals surface area contributed by atoms with Gasteiger partial charge in [-0.25, -0.2) is 0 Å². The Bertz CT molecular complexity index is 170. The molecule has 0 amide bonds. The maximum atomic E-state index is 10.00. The molecule has 4 nitrogen and oxygen atoms in total. The predicted octanol–water partition coefficient (Wildman–Crippen LogP) is -0.853. The van der Waals surface area contributed by atoms with Gasteiger partial charge in [-0.05, 0) is 6.42 Å². The second-order valence-corrected chi connectivity index (χ2v) is 3.77. The molecule has 1 unspecified atom stereocenters. The lowest BCUT2D eigenvalue weighted by Crippen LogP contribution is -2.63. The first-order valence-corrected chi connectivity index (χ1v) is 4.21. The number of hydrogen-bond acceptors (Lipinski definition) is 4. The Morgan fingerprint density at radius 1 is 1.17 bits per heavy atom. The highest BCUT2D eigenvalue weighted by Gasteiger charge is 2.56. The Morgan fingerprint density at radius 2 is 1.92 bits per heavy atom. The van der Waals surface area contributed by atoms with Crippen molar-refractivity contribution < 1.29 is 19.7 Å². The average Bonchev–Trinajstić information content (AvgIpc) is 2.49. The van der Waals surface area contributed by atoms with Crippen LogP contribution in [0.25, 0.3) is 0 Å². The van der Waals surface area contributed by atoms with Gasteiger partial charge in [0.05, 0.1) is 31.8 Å². The lowest BCUT2D eigenvalue weighted by atomic mass is 9.70. The lowest BCUT2D eigenvalue weighted by molar-refractivity contribution is -0.248. The molecule has 0 aromatic heterocycles. The van der Waals surface area contributed by atoms with Crippen molar-refractivity contribution in [3.05, 3.63) is 0 Å². The summed E-state index contributed by atoms with van der Waals surface area (Å²) in [7, 11) is 0. The van der Waals surface area contributed by atoms with Crippen molar-refractivity contribution >= 4 is 0 Å². The molecule has 2 aliphatic rings. The number of hydrogen-bond donors (Lipinski definition) is 2. The van der Waals surface area contributed by atoms with Crippen LogP contribution in [0.15, 0.2) is 0 Å². The molecule has 2 saturated heterocycles. The van der Waals surface area contributed by atoms with Gasteiger partial charge in [0, 0.05) is 6.61 Å². The zero-order valence-corrected chi connectivity index (χ0v) is 6.95. The molecule has 2 N–H and O–H groups in total. The highest BCUT2D eigenvalue weighted by molar-refractivity contribution is 5.04. The zero-order valence-electron chi connectivity index (χ0n) is 6.95. The first-order chi connectivity index (χ1) is 5.72. The highest BCUT2D eigenvalue weighted by atomic mass is 16.5. The topological polar surface area (TPSA) is 58.9 Å². The average molecular weight is 174 g/mol. The quantitative estimate of drug-likeness (QED) is 0.572. The van der Waals surface area contributed by atoms with Crippen molar-refractivity contribution in [2.75, 3.05) is 33.0 Å². The fourth-order valence-electron chi connectivity index (χ4n) is 1.85. The summed E-state index contributed by atoms with van der Waals surface area (Å²) in [5.74, 6) is 0. The van der Waals surface area contributed by atoms with Gasteiger partial charge in [0.15, 0.2) is 0 Å². The van der Waals surface area contributed by atoms with E-state index in [1.807, 2.05) is 0 Å². The molecule has 0 saturated carbocycles. The second-order valence-electron chi connectivity index (χ2n) is 3.77. The van der Waals surface area contributed by atoms with Crippen molar-refractivity contribution in [3.8, 4) is 0 Å². The third-order valence-electron chi connectivity index (χ3n) is 3.07. The number of ether oxygens (including phenoxy) is 2. The maximum absolute atomic E-state index is 10.00. The minimum atomic E-state index is -0.849. The SMILES string of the molecule is OCC1(C2(O)COC2)CCOC1.